The minimum absolute atomic E-state index is 0.0221. The maximum absolute atomic E-state index is 13.1. The topological polar surface area (TPSA) is 58.6 Å². The van der Waals surface area contributed by atoms with E-state index in [1.807, 2.05) is 0 Å². The third-order valence-corrected chi connectivity index (χ3v) is 4.26. The molecule has 1 amide bonds. The van der Waals surface area contributed by atoms with Crippen LogP contribution in [-0.4, -0.2) is 43.5 Å². The van der Waals surface area contributed by atoms with Crippen LogP contribution in [-0.2, 0) is 14.3 Å². The average Bonchev–Trinajstić information content (AvgIpc) is 2.55. The summed E-state index contributed by atoms with van der Waals surface area (Å²) in [5, 5.41) is 2.84. The number of benzene rings is 1. The van der Waals surface area contributed by atoms with Crippen molar-refractivity contribution < 1.29 is 18.7 Å². The highest BCUT2D eigenvalue weighted by atomic mass is 19.1. The molecule has 23 heavy (non-hydrogen) atoms. The zero-order valence-electron chi connectivity index (χ0n) is 13.5. The standard InChI is InChI=1S/C17H23FN2O3/c1-12(21)19-11-13-7-9-20(10-8-13)16(17(22)23-2)14-3-5-15(18)6-4-14/h3-6,13,16H,7-11H2,1-2H3,(H,19,21)/t16-/m0/s1. The summed E-state index contributed by atoms with van der Waals surface area (Å²) in [4.78, 5) is 25.2. The first-order valence-electron chi connectivity index (χ1n) is 7.83. The van der Waals surface area contributed by atoms with E-state index in [1.165, 1.54) is 26.2 Å². The van der Waals surface area contributed by atoms with Crippen molar-refractivity contribution in [2.75, 3.05) is 26.7 Å². The van der Waals surface area contributed by atoms with Gasteiger partial charge in [-0.2, -0.15) is 0 Å². The summed E-state index contributed by atoms with van der Waals surface area (Å²) in [6.45, 7) is 3.66. The van der Waals surface area contributed by atoms with Crippen LogP contribution in [0.1, 0.15) is 31.4 Å². The van der Waals surface area contributed by atoms with Crippen molar-refractivity contribution in [3.05, 3.63) is 35.6 Å². The van der Waals surface area contributed by atoms with Crippen molar-refractivity contribution in [3.8, 4) is 0 Å². The number of esters is 1. The van der Waals surface area contributed by atoms with Crippen molar-refractivity contribution >= 4 is 11.9 Å². The number of nitrogens with zero attached hydrogens (tertiary/aromatic N) is 1. The van der Waals surface area contributed by atoms with Crippen molar-refractivity contribution in [1.29, 1.82) is 0 Å². The van der Waals surface area contributed by atoms with Gasteiger partial charge in [0.05, 0.1) is 7.11 Å². The minimum atomic E-state index is -0.512. The number of methoxy groups -OCH3 is 1. The van der Waals surface area contributed by atoms with Gasteiger partial charge in [-0.1, -0.05) is 12.1 Å². The number of hydrogen-bond acceptors (Lipinski definition) is 4. The van der Waals surface area contributed by atoms with E-state index in [0.29, 0.717) is 12.5 Å². The van der Waals surface area contributed by atoms with Crippen molar-refractivity contribution in [2.24, 2.45) is 5.92 Å². The lowest BCUT2D eigenvalue weighted by Gasteiger charge is -2.36. The molecule has 0 aliphatic carbocycles. The molecule has 5 nitrogen and oxygen atoms in total. The molecular weight excluding hydrogens is 299 g/mol. The van der Waals surface area contributed by atoms with Crippen molar-refractivity contribution in [2.45, 2.75) is 25.8 Å². The molecule has 1 atom stereocenters. The lowest BCUT2D eigenvalue weighted by atomic mass is 9.94. The van der Waals surface area contributed by atoms with Crippen LogP contribution in [0, 0.1) is 11.7 Å². The summed E-state index contributed by atoms with van der Waals surface area (Å²) in [6.07, 6.45) is 1.80. The number of hydrogen-bond donors (Lipinski definition) is 1. The van der Waals surface area contributed by atoms with Crippen LogP contribution in [0.2, 0.25) is 0 Å². The number of carbonyl (C=O) groups excluding carboxylic acids is 2. The van der Waals surface area contributed by atoms with Crippen LogP contribution < -0.4 is 5.32 Å². The van der Waals surface area contributed by atoms with E-state index in [4.69, 9.17) is 4.74 Å². The predicted molar refractivity (Wildman–Crippen MR) is 84.1 cm³/mol. The van der Waals surface area contributed by atoms with E-state index in [2.05, 4.69) is 10.2 Å². The number of nitrogens with one attached hydrogen (secondary N) is 1. The van der Waals surface area contributed by atoms with Crippen LogP contribution in [0.5, 0.6) is 0 Å². The molecule has 1 aliphatic heterocycles. The van der Waals surface area contributed by atoms with E-state index < -0.39 is 6.04 Å². The Balaban J connectivity index is 2.02. The number of halogens is 1. The molecule has 1 fully saturated rings. The molecule has 0 saturated carbocycles. The smallest absolute Gasteiger partial charge is 0.327 e. The van der Waals surface area contributed by atoms with Gasteiger partial charge in [0, 0.05) is 13.5 Å². The van der Waals surface area contributed by atoms with Gasteiger partial charge in [0.15, 0.2) is 0 Å². The first-order valence-corrected chi connectivity index (χ1v) is 7.83. The Morgan fingerprint density at radius 2 is 1.91 bits per heavy atom. The van der Waals surface area contributed by atoms with Gasteiger partial charge >= 0.3 is 5.97 Å². The molecule has 1 aromatic rings. The summed E-state index contributed by atoms with van der Waals surface area (Å²) >= 11 is 0. The second-order valence-corrected chi connectivity index (χ2v) is 5.89. The monoisotopic (exact) mass is 322 g/mol. The van der Waals surface area contributed by atoms with Crippen LogP contribution in [0.15, 0.2) is 24.3 Å². The summed E-state index contributed by atoms with van der Waals surface area (Å²) in [5.74, 6) is -0.267. The lowest BCUT2D eigenvalue weighted by Crippen LogP contribution is -2.42. The summed E-state index contributed by atoms with van der Waals surface area (Å²) in [5.41, 5.74) is 0.735. The molecule has 1 aromatic carbocycles. The number of rotatable bonds is 5. The Morgan fingerprint density at radius 3 is 2.43 bits per heavy atom. The van der Waals surface area contributed by atoms with Gasteiger partial charge in [0.2, 0.25) is 5.91 Å². The predicted octanol–water partition coefficient (Wildman–Crippen LogP) is 1.89. The van der Waals surface area contributed by atoms with Gasteiger partial charge in [-0.25, -0.2) is 9.18 Å². The van der Waals surface area contributed by atoms with Gasteiger partial charge in [-0.15, -0.1) is 0 Å². The maximum atomic E-state index is 13.1. The van der Waals surface area contributed by atoms with E-state index >= 15 is 0 Å². The van der Waals surface area contributed by atoms with Gasteiger partial charge in [-0.05, 0) is 49.5 Å². The minimum Gasteiger partial charge on any atom is -0.468 e. The van der Waals surface area contributed by atoms with Gasteiger partial charge in [0.1, 0.15) is 11.9 Å². The summed E-state index contributed by atoms with van der Waals surface area (Å²) in [6, 6.07) is 5.45. The highest BCUT2D eigenvalue weighted by Crippen LogP contribution is 2.28. The number of amides is 1. The molecule has 6 heteroatoms. The number of carbonyl (C=O) groups is 2. The molecular formula is C17H23FN2O3. The SMILES string of the molecule is COC(=O)[C@H](c1ccc(F)cc1)N1CCC(CNC(C)=O)CC1. The molecule has 0 spiro atoms. The average molecular weight is 322 g/mol. The van der Waals surface area contributed by atoms with Crippen molar-refractivity contribution in [1.82, 2.24) is 10.2 Å². The van der Waals surface area contributed by atoms with E-state index in [9.17, 15) is 14.0 Å². The summed E-state index contributed by atoms with van der Waals surface area (Å²) < 4.78 is 18.0. The van der Waals surface area contributed by atoms with E-state index in [1.54, 1.807) is 12.1 Å². The van der Waals surface area contributed by atoms with Crippen molar-refractivity contribution in [3.63, 3.8) is 0 Å². The first kappa shape index (κ1) is 17.4. The Labute approximate surface area is 135 Å². The molecule has 0 aromatic heterocycles. The van der Waals surface area contributed by atoms with Gasteiger partial charge in [0.25, 0.3) is 0 Å². The van der Waals surface area contributed by atoms with E-state index in [-0.39, 0.29) is 17.7 Å². The largest absolute Gasteiger partial charge is 0.468 e. The third-order valence-electron chi connectivity index (χ3n) is 4.26. The fourth-order valence-electron chi connectivity index (χ4n) is 2.96. The molecule has 0 unspecified atom stereocenters. The lowest BCUT2D eigenvalue weighted by molar-refractivity contribution is -0.148. The molecule has 1 heterocycles. The van der Waals surface area contributed by atoms with Crippen LogP contribution >= 0.6 is 0 Å². The first-order chi connectivity index (χ1) is 11.0. The highest BCUT2D eigenvalue weighted by molar-refractivity contribution is 5.77. The maximum Gasteiger partial charge on any atom is 0.327 e. The molecule has 126 valence electrons. The Bertz CT molecular complexity index is 539. The Morgan fingerprint density at radius 1 is 1.30 bits per heavy atom. The third kappa shape index (κ3) is 4.76. The fraction of sp³-hybridized carbons (Fsp3) is 0.529. The number of likely N-dealkylation sites (tertiary alicyclic amines) is 1. The van der Waals surface area contributed by atoms with Crippen LogP contribution in [0.25, 0.3) is 0 Å². The van der Waals surface area contributed by atoms with Crippen LogP contribution in [0.4, 0.5) is 4.39 Å². The zero-order valence-corrected chi connectivity index (χ0v) is 13.5. The summed E-state index contributed by atoms with van der Waals surface area (Å²) in [7, 11) is 1.36. The van der Waals surface area contributed by atoms with Gasteiger partial charge in [-0.3, -0.25) is 9.69 Å². The molecule has 1 aliphatic rings. The van der Waals surface area contributed by atoms with Crippen LogP contribution in [0.3, 0.4) is 0 Å². The highest BCUT2D eigenvalue weighted by Gasteiger charge is 2.31. The Kier molecular flexibility index (Phi) is 6.10. The zero-order chi connectivity index (χ0) is 16.8. The molecule has 1 saturated heterocycles. The number of piperidine rings is 1. The van der Waals surface area contributed by atoms with E-state index in [0.717, 1.165) is 31.5 Å². The van der Waals surface area contributed by atoms with Gasteiger partial charge < -0.3 is 10.1 Å². The quantitative estimate of drug-likeness (QED) is 0.841. The molecule has 0 radical (unpaired) electrons. The molecule has 1 N–H and O–H groups in total. The molecule has 2 rings (SSSR count). The second-order valence-electron chi connectivity index (χ2n) is 5.89. The molecule has 0 bridgehead atoms. The Hall–Kier alpha value is -1.95. The number of ether oxygens (including phenoxy) is 1. The fourth-order valence-corrected chi connectivity index (χ4v) is 2.96. The normalized spacial score (nSPS) is 17.5. The second kappa shape index (κ2) is 8.06.